The van der Waals surface area contributed by atoms with E-state index in [4.69, 9.17) is 4.52 Å². The maximum atomic E-state index is 13.2. The predicted octanol–water partition coefficient (Wildman–Crippen LogP) is 5.40. The molecule has 1 saturated heterocycles. The lowest BCUT2D eigenvalue weighted by Gasteiger charge is -2.37. The molecule has 34 heavy (non-hydrogen) atoms. The molecule has 0 unspecified atom stereocenters. The number of nitriles is 1. The molecule has 0 radical (unpaired) electrons. The van der Waals surface area contributed by atoms with Crippen molar-refractivity contribution in [3.63, 3.8) is 0 Å². The van der Waals surface area contributed by atoms with E-state index >= 15 is 0 Å². The predicted molar refractivity (Wildman–Crippen MR) is 123 cm³/mol. The van der Waals surface area contributed by atoms with E-state index in [-0.39, 0.29) is 11.3 Å². The lowest BCUT2D eigenvalue weighted by Crippen LogP contribution is -2.42. The van der Waals surface area contributed by atoms with E-state index < -0.39 is 17.2 Å². The Balaban J connectivity index is 1.21. The molecule has 3 aromatic rings. The zero-order valence-electron chi connectivity index (χ0n) is 18.8. The van der Waals surface area contributed by atoms with Crippen molar-refractivity contribution in [3.8, 4) is 17.3 Å². The van der Waals surface area contributed by atoms with Crippen LogP contribution in [-0.2, 0) is 18.1 Å². The van der Waals surface area contributed by atoms with Crippen molar-refractivity contribution in [3.05, 3.63) is 77.6 Å². The van der Waals surface area contributed by atoms with Gasteiger partial charge in [-0.1, -0.05) is 53.7 Å². The van der Waals surface area contributed by atoms with Gasteiger partial charge in [-0.25, -0.2) is 0 Å². The van der Waals surface area contributed by atoms with E-state index in [1.54, 1.807) is 12.1 Å². The Hall–Kier alpha value is -3.15. The van der Waals surface area contributed by atoms with Gasteiger partial charge in [0.25, 0.3) is 0 Å². The van der Waals surface area contributed by atoms with Gasteiger partial charge in [-0.05, 0) is 57.1 Å². The lowest BCUT2D eigenvalue weighted by atomic mass is 9.74. The molecular weight excluding hydrogens is 441 g/mol. The summed E-state index contributed by atoms with van der Waals surface area (Å²) in [6.07, 6.45) is -1.89. The first kappa shape index (κ1) is 24.0. The molecule has 8 heteroatoms. The Kier molecular flexibility index (Phi) is 7.35. The van der Waals surface area contributed by atoms with Gasteiger partial charge in [0.2, 0.25) is 0 Å². The molecule has 0 saturated carbocycles. The molecule has 178 valence electrons. The van der Waals surface area contributed by atoms with Crippen LogP contribution >= 0.6 is 0 Å². The van der Waals surface area contributed by atoms with E-state index in [1.807, 2.05) is 30.3 Å². The fraction of sp³-hybridized carbons (Fsp3) is 0.385. The fourth-order valence-electron chi connectivity index (χ4n) is 4.50. The average molecular weight is 469 g/mol. The molecule has 0 bridgehead atoms. The molecule has 2 aromatic carbocycles. The molecule has 2 heterocycles. The van der Waals surface area contributed by atoms with E-state index in [0.29, 0.717) is 12.3 Å². The monoisotopic (exact) mass is 468 g/mol. The molecule has 0 amide bonds. The number of hydrogen-bond acceptors (Lipinski definition) is 5. The van der Waals surface area contributed by atoms with Gasteiger partial charge < -0.3 is 14.7 Å². The number of halogens is 3. The molecule has 1 fully saturated rings. The minimum absolute atomic E-state index is 0.0130. The highest BCUT2D eigenvalue weighted by Gasteiger charge is 2.36. The van der Waals surface area contributed by atoms with Gasteiger partial charge in [-0.3, -0.25) is 0 Å². The third-order valence-electron chi connectivity index (χ3n) is 6.44. The van der Waals surface area contributed by atoms with Crippen LogP contribution in [0.4, 0.5) is 13.2 Å². The van der Waals surface area contributed by atoms with Crippen LogP contribution in [-0.4, -0.2) is 36.2 Å². The second-order valence-electron chi connectivity index (χ2n) is 8.65. The third kappa shape index (κ3) is 5.49. The molecule has 1 aliphatic rings. The zero-order chi connectivity index (χ0) is 24.0. The summed E-state index contributed by atoms with van der Waals surface area (Å²) >= 11 is 0. The number of hydrogen-bond donors (Lipinski definition) is 1. The molecule has 0 spiro atoms. The molecule has 0 aliphatic carbocycles. The summed E-state index contributed by atoms with van der Waals surface area (Å²) in [5, 5.41) is 16.9. The number of nitrogens with zero attached hydrogens (tertiary/aromatic N) is 3. The van der Waals surface area contributed by atoms with Crippen molar-refractivity contribution in [2.24, 2.45) is 0 Å². The minimum atomic E-state index is -4.45. The Morgan fingerprint density at radius 1 is 1.06 bits per heavy atom. The molecule has 1 N–H and O–H groups in total. The molecule has 5 nitrogen and oxygen atoms in total. The molecule has 1 aromatic heterocycles. The number of likely N-dealkylation sites (tertiary alicyclic amines) is 1. The first-order chi connectivity index (χ1) is 16.4. The highest BCUT2D eigenvalue weighted by molar-refractivity contribution is 5.64. The Morgan fingerprint density at radius 3 is 2.47 bits per heavy atom. The first-order valence-corrected chi connectivity index (χ1v) is 11.4. The Morgan fingerprint density at radius 2 is 1.76 bits per heavy atom. The smallest absolute Gasteiger partial charge is 0.359 e. The largest absolute Gasteiger partial charge is 0.417 e. The summed E-state index contributed by atoms with van der Waals surface area (Å²) in [6, 6.07) is 19.5. The van der Waals surface area contributed by atoms with Gasteiger partial charge in [0.1, 0.15) is 5.69 Å². The van der Waals surface area contributed by atoms with Crippen molar-refractivity contribution in [2.45, 2.75) is 37.4 Å². The summed E-state index contributed by atoms with van der Waals surface area (Å²) in [7, 11) is 0. The van der Waals surface area contributed by atoms with E-state index in [2.05, 4.69) is 21.4 Å². The number of benzene rings is 2. The SMILES string of the molecule is N#CC1(c2ccccc2)CCN(CCCNCc2cc(-c3ccccc3C(F)(F)F)no2)CC1. The summed E-state index contributed by atoms with van der Waals surface area (Å²) < 4.78 is 45.0. The van der Waals surface area contributed by atoms with E-state index in [1.165, 1.54) is 12.1 Å². The first-order valence-electron chi connectivity index (χ1n) is 11.4. The second-order valence-corrected chi connectivity index (χ2v) is 8.65. The molecular formula is C26H27F3N4O. The van der Waals surface area contributed by atoms with Crippen molar-refractivity contribution >= 4 is 0 Å². The molecule has 4 rings (SSSR count). The van der Waals surface area contributed by atoms with Gasteiger partial charge >= 0.3 is 6.18 Å². The van der Waals surface area contributed by atoms with Gasteiger partial charge in [-0.2, -0.15) is 18.4 Å². The van der Waals surface area contributed by atoms with Crippen LogP contribution in [0.5, 0.6) is 0 Å². The van der Waals surface area contributed by atoms with E-state index in [9.17, 15) is 18.4 Å². The number of aromatic nitrogens is 1. The average Bonchev–Trinajstić information content (AvgIpc) is 3.33. The van der Waals surface area contributed by atoms with Crippen LogP contribution in [0.3, 0.4) is 0 Å². The van der Waals surface area contributed by atoms with Gasteiger partial charge in [0, 0.05) is 11.6 Å². The quantitative estimate of drug-likeness (QED) is 0.449. The van der Waals surface area contributed by atoms with Crippen LogP contribution in [0.1, 0.15) is 36.1 Å². The van der Waals surface area contributed by atoms with Crippen molar-refractivity contribution in [1.82, 2.24) is 15.4 Å². The maximum Gasteiger partial charge on any atom is 0.417 e. The van der Waals surface area contributed by atoms with Crippen molar-refractivity contribution < 1.29 is 17.7 Å². The summed E-state index contributed by atoms with van der Waals surface area (Å²) in [6.45, 7) is 3.82. The van der Waals surface area contributed by atoms with Crippen LogP contribution in [0.25, 0.3) is 11.3 Å². The number of rotatable bonds is 8. The molecule has 0 atom stereocenters. The highest BCUT2D eigenvalue weighted by atomic mass is 19.4. The normalized spacial score (nSPS) is 16.3. The standard InChI is InChI=1S/C26H27F3N4O/c27-26(28,29)23-10-5-4-9-22(23)24-17-21(34-32-24)18-31-13-6-14-33-15-11-25(19-30,12-16-33)20-7-2-1-3-8-20/h1-5,7-10,17,31H,6,11-16,18H2. The summed E-state index contributed by atoms with van der Waals surface area (Å²) in [4.78, 5) is 2.38. The second kappa shape index (κ2) is 10.4. The van der Waals surface area contributed by atoms with Crippen LogP contribution < -0.4 is 5.32 Å². The van der Waals surface area contributed by atoms with Crippen LogP contribution in [0.15, 0.2) is 65.2 Å². The Labute approximate surface area is 197 Å². The van der Waals surface area contributed by atoms with Gasteiger partial charge in [0.15, 0.2) is 5.76 Å². The van der Waals surface area contributed by atoms with Crippen LogP contribution in [0, 0.1) is 11.3 Å². The minimum Gasteiger partial charge on any atom is -0.359 e. The van der Waals surface area contributed by atoms with Crippen LogP contribution in [0.2, 0.25) is 0 Å². The van der Waals surface area contributed by atoms with Gasteiger partial charge in [0.05, 0.1) is 23.6 Å². The number of nitrogens with one attached hydrogen (secondary N) is 1. The van der Waals surface area contributed by atoms with Crippen molar-refractivity contribution in [2.75, 3.05) is 26.2 Å². The maximum absolute atomic E-state index is 13.2. The fourth-order valence-corrected chi connectivity index (χ4v) is 4.50. The Bertz CT molecular complexity index is 1110. The lowest BCUT2D eigenvalue weighted by molar-refractivity contribution is -0.137. The summed E-state index contributed by atoms with van der Waals surface area (Å²) in [5.41, 5.74) is 0.168. The molecule has 1 aliphatic heterocycles. The highest BCUT2D eigenvalue weighted by Crippen LogP contribution is 2.37. The number of alkyl halides is 3. The number of piperidine rings is 1. The topological polar surface area (TPSA) is 65.1 Å². The van der Waals surface area contributed by atoms with Gasteiger partial charge in [-0.15, -0.1) is 0 Å². The van der Waals surface area contributed by atoms with Crippen molar-refractivity contribution in [1.29, 1.82) is 5.26 Å². The van der Waals surface area contributed by atoms with E-state index in [0.717, 1.165) is 57.1 Å². The zero-order valence-corrected chi connectivity index (χ0v) is 18.8. The summed E-state index contributed by atoms with van der Waals surface area (Å²) in [5.74, 6) is 0.492. The third-order valence-corrected chi connectivity index (χ3v) is 6.44.